The SMILES string of the molecule is O=C(O)c1cnc(C(F)F)c(C(F)(F)F)c1Cl. The zero-order chi connectivity index (χ0) is 13.4. The summed E-state index contributed by atoms with van der Waals surface area (Å²) in [4.78, 5) is 13.3. The first-order chi connectivity index (χ1) is 7.66. The van der Waals surface area contributed by atoms with Crippen LogP contribution in [0.3, 0.4) is 0 Å². The van der Waals surface area contributed by atoms with Crippen molar-refractivity contribution in [2.45, 2.75) is 12.6 Å². The zero-order valence-electron chi connectivity index (χ0n) is 7.73. The molecule has 0 aliphatic heterocycles. The van der Waals surface area contributed by atoms with Crippen LogP contribution in [0.25, 0.3) is 0 Å². The fourth-order valence-electron chi connectivity index (χ4n) is 1.09. The van der Waals surface area contributed by atoms with E-state index in [1.807, 2.05) is 0 Å². The Morgan fingerprint density at radius 3 is 2.29 bits per heavy atom. The largest absolute Gasteiger partial charge is 0.478 e. The van der Waals surface area contributed by atoms with E-state index < -0.39 is 40.4 Å². The lowest BCUT2D eigenvalue weighted by Crippen LogP contribution is -2.15. The number of rotatable bonds is 2. The predicted octanol–water partition coefficient (Wildman–Crippen LogP) is 3.39. The van der Waals surface area contributed by atoms with Crippen molar-refractivity contribution in [1.29, 1.82) is 0 Å². The molecule has 1 rings (SSSR count). The summed E-state index contributed by atoms with van der Waals surface area (Å²) in [5.74, 6) is -1.78. The van der Waals surface area contributed by atoms with Gasteiger partial charge in [0.1, 0.15) is 11.3 Å². The lowest BCUT2D eigenvalue weighted by atomic mass is 10.1. The molecular weight excluding hydrogens is 273 g/mol. The smallest absolute Gasteiger partial charge is 0.419 e. The van der Waals surface area contributed by atoms with Crippen molar-refractivity contribution in [3.8, 4) is 0 Å². The van der Waals surface area contributed by atoms with Gasteiger partial charge in [0, 0.05) is 6.20 Å². The molecule has 3 nitrogen and oxygen atoms in total. The first kappa shape index (κ1) is 13.6. The standard InChI is InChI=1S/C8H3ClF5NO2/c9-4-2(7(16)17)1-15-5(6(10)11)3(4)8(12,13)14/h1,6H,(H,16,17). The highest BCUT2D eigenvalue weighted by atomic mass is 35.5. The Labute approximate surface area is 95.8 Å². The monoisotopic (exact) mass is 275 g/mol. The van der Waals surface area contributed by atoms with Crippen LogP contribution >= 0.6 is 11.6 Å². The van der Waals surface area contributed by atoms with Crippen molar-refractivity contribution in [2.75, 3.05) is 0 Å². The maximum atomic E-state index is 12.5. The third-order valence-corrected chi connectivity index (χ3v) is 2.16. The summed E-state index contributed by atoms with van der Waals surface area (Å²) in [5.41, 5.74) is -4.50. The number of alkyl halides is 5. The number of pyridine rings is 1. The molecule has 1 aromatic rings. The van der Waals surface area contributed by atoms with Crippen LogP contribution in [0.1, 0.15) is 28.0 Å². The fourth-order valence-corrected chi connectivity index (χ4v) is 1.42. The molecule has 0 unspecified atom stereocenters. The zero-order valence-corrected chi connectivity index (χ0v) is 8.48. The van der Waals surface area contributed by atoms with Gasteiger partial charge in [-0.25, -0.2) is 13.6 Å². The molecule has 1 N–H and O–H groups in total. The van der Waals surface area contributed by atoms with E-state index >= 15 is 0 Å². The van der Waals surface area contributed by atoms with Crippen LogP contribution in [0.2, 0.25) is 5.02 Å². The maximum Gasteiger partial charge on any atom is 0.419 e. The molecule has 0 aliphatic rings. The van der Waals surface area contributed by atoms with Crippen molar-refractivity contribution >= 4 is 17.6 Å². The van der Waals surface area contributed by atoms with Crippen molar-refractivity contribution in [3.63, 3.8) is 0 Å². The number of carbonyl (C=O) groups is 1. The molecule has 1 heterocycles. The van der Waals surface area contributed by atoms with E-state index in [-0.39, 0.29) is 0 Å². The van der Waals surface area contributed by atoms with Gasteiger partial charge in [0.2, 0.25) is 0 Å². The third-order valence-electron chi connectivity index (χ3n) is 1.77. The number of hydrogen-bond donors (Lipinski definition) is 1. The molecule has 0 spiro atoms. The number of carboxylic acids is 1. The van der Waals surface area contributed by atoms with Gasteiger partial charge in [-0.2, -0.15) is 13.2 Å². The molecule has 1 aromatic heterocycles. The Morgan fingerprint density at radius 2 is 1.94 bits per heavy atom. The minimum absolute atomic E-state index is 0.362. The number of aromatic carboxylic acids is 1. The Balaban J connectivity index is 3.59. The van der Waals surface area contributed by atoms with Gasteiger partial charge in [0.05, 0.1) is 10.6 Å². The first-order valence-corrected chi connectivity index (χ1v) is 4.31. The lowest BCUT2D eigenvalue weighted by Gasteiger charge is -2.14. The van der Waals surface area contributed by atoms with Crippen LogP contribution in [0.15, 0.2) is 6.20 Å². The summed E-state index contributed by atoms with van der Waals surface area (Å²) >= 11 is 5.16. The number of aromatic nitrogens is 1. The van der Waals surface area contributed by atoms with Gasteiger partial charge in [-0.15, -0.1) is 0 Å². The fraction of sp³-hybridized carbons (Fsp3) is 0.250. The van der Waals surface area contributed by atoms with E-state index in [1.54, 1.807) is 0 Å². The summed E-state index contributed by atoms with van der Waals surface area (Å²) < 4.78 is 62.0. The number of carboxylic acid groups (broad SMARTS) is 1. The molecule has 0 saturated carbocycles. The molecule has 0 amide bonds. The van der Waals surface area contributed by atoms with E-state index in [9.17, 15) is 26.7 Å². The van der Waals surface area contributed by atoms with Gasteiger partial charge in [-0.05, 0) is 0 Å². The lowest BCUT2D eigenvalue weighted by molar-refractivity contribution is -0.139. The van der Waals surface area contributed by atoms with Crippen LogP contribution in [0.5, 0.6) is 0 Å². The molecule has 0 saturated heterocycles. The summed E-state index contributed by atoms with van der Waals surface area (Å²) in [5, 5.41) is 7.21. The summed E-state index contributed by atoms with van der Waals surface area (Å²) in [6, 6.07) is 0. The van der Waals surface area contributed by atoms with Crippen LogP contribution in [0.4, 0.5) is 22.0 Å². The van der Waals surface area contributed by atoms with E-state index in [0.29, 0.717) is 6.20 Å². The van der Waals surface area contributed by atoms with E-state index in [4.69, 9.17) is 16.7 Å². The second-order valence-corrected chi connectivity index (χ2v) is 3.23. The highest BCUT2D eigenvalue weighted by molar-refractivity contribution is 6.34. The molecule has 0 aliphatic carbocycles. The van der Waals surface area contributed by atoms with Crippen molar-refractivity contribution < 1.29 is 31.9 Å². The van der Waals surface area contributed by atoms with E-state index in [0.717, 1.165) is 0 Å². The average molecular weight is 276 g/mol. The minimum atomic E-state index is -5.21. The van der Waals surface area contributed by atoms with Crippen LogP contribution in [-0.2, 0) is 6.18 Å². The second kappa shape index (κ2) is 4.44. The van der Waals surface area contributed by atoms with Gasteiger partial charge in [0.25, 0.3) is 6.43 Å². The molecule has 94 valence electrons. The number of hydrogen-bond acceptors (Lipinski definition) is 2. The van der Waals surface area contributed by atoms with Crippen LogP contribution in [-0.4, -0.2) is 16.1 Å². The van der Waals surface area contributed by atoms with Gasteiger partial charge in [-0.1, -0.05) is 11.6 Å². The minimum Gasteiger partial charge on any atom is -0.478 e. The third kappa shape index (κ3) is 2.63. The normalized spacial score (nSPS) is 11.9. The Kier molecular flexibility index (Phi) is 3.56. The quantitative estimate of drug-likeness (QED) is 0.842. The summed E-state index contributed by atoms with van der Waals surface area (Å²) in [6.45, 7) is 0. The van der Waals surface area contributed by atoms with Crippen molar-refractivity contribution in [1.82, 2.24) is 4.98 Å². The molecule has 0 atom stereocenters. The molecule has 0 bridgehead atoms. The summed E-state index contributed by atoms with van der Waals surface area (Å²) in [7, 11) is 0. The van der Waals surface area contributed by atoms with Crippen LogP contribution < -0.4 is 0 Å². The number of nitrogens with zero attached hydrogens (tertiary/aromatic N) is 1. The molecule has 17 heavy (non-hydrogen) atoms. The maximum absolute atomic E-state index is 12.5. The summed E-state index contributed by atoms with van der Waals surface area (Å²) in [6.07, 6.45) is -8.35. The Morgan fingerprint density at radius 1 is 1.41 bits per heavy atom. The van der Waals surface area contributed by atoms with Gasteiger partial charge < -0.3 is 5.11 Å². The first-order valence-electron chi connectivity index (χ1n) is 3.93. The molecular formula is C8H3ClF5NO2. The Hall–Kier alpha value is -1.44. The molecule has 0 aromatic carbocycles. The highest BCUT2D eigenvalue weighted by Crippen LogP contribution is 2.40. The van der Waals surface area contributed by atoms with Crippen molar-refractivity contribution in [2.24, 2.45) is 0 Å². The molecule has 9 heteroatoms. The van der Waals surface area contributed by atoms with Crippen LogP contribution in [0, 0.1) is 0 Å². The predicted molar refractivity (Wildman–Crippen MR) is 46.2 cm³/mol. The van der Waals surface area contributed by atoms with E-state index in [2.05, 4.69) is 4.98 Å². The molecule has 0 radical (unpaired) electrons. The highest BCUT2D eigenvalue weighted by Gasteiger charge is 2.40. The van der Waals surface area contributed by atoms with Gasteiger partial charge in [0.15, 0.2) is 0 Å². The van der Waals surface area contributed by atoms with Gasteiger partial charge >= 0.3 is 12.1 Å². The topological polar surface area (TPSA) is 50.2 Å². The Bertz CT molecular complexity index is 460. The number of halogens is 6. The van der Waals surface area contributed by atoms with Gasteiger partial charge in [-0.3, -0.25) is 4.98 Å². The van der Waals surface area contributed by atoms with E-state index in [1.165, 1.54) is 0 Å². The van der Waals surface area contributed by atoms with Crippen molar-refractivity contribution in [3.05, 3.63) is 28.0 Å². The second-order valence-electron chi connectivity index (χ2n) is 2.85. The average Bonchev–Trinajstić information content (AvgIpc) is 2.14. The molecule has 0 fully saturated rings.